The van der Waals surface area contributed by atoms with Gasteiger partial charge in [-0.3, -0.25) is 4.79 Å². The van der Waals surface area contributed by atoms with Crippen molar-refractivity contribution in [2.75, 3.05) is 5.73 Å². The summed E-state index contributed by atoms with van der Waals surface area (Å²) >= 11 is 0. The summed E-state index contributed by atoms with van der Waals surface area (Å²) in [5, 5.41) is 0. The van der Waals surface area contributed by atoms with Gasteiger partial charge < -0.3 is 5.73 Å². The highest BCUT2D eigenvalue weighted by Gasteiger charge is 2.63. The van der Waals surface area contributed by atoms with Gasteiger partial charge in [0.25, 0.3) is 0 Å². The summed E-state index contributed by atoms with van der Waals surface area (Å²) < 4.78 is 0. The van der Waals surface area contributed by atoms with E-state index in [0.29, 0.717) is 11.7 Å². The zero-order valence-electron chi connectivity index (χ0n) is 14.6. The largest absolute Gasteiger partial charge is 0.398 e. The molecule has 0 amide bonds. The Morgan fingerprint density at radius 2 is 1.82 bits per heavy atom. The van der Waals surface area contributed by atoms with Gasteiger partial charge in [0.05, 0.1) is 0 Å². The van der Waals surface area contributed by atoms with E-state index in [-0.39, 0.29) is 10.8 Å². The lowest BCUT2D eigenvalue weighted by Gasteiger charge is -2.31. The van der Waals surface area contributed by atoms with Gasteiger partial charge in [0.15, 0.2) is 5.78 Å². The molecule has 2 N–H and O–H groups in total. The summed E-state index contributed by atoms with van der Waals surface area (Å²) in [5.41, 5.74) is 12.5. The molecule has 3 rings (SSSR count). The first-order chi connectivity index (χ1) is 10.1. The summed E-state index contributed by atoms with van der Waals surface area (Å²) in [6.45, 7) is 12.9. The predicted octanol–water partition coefficient (Wildman–Crippen LogP) is 4.60. The van der Waals surface area contributed by atoms with E-state index in [1.165, 1.54) is 11.1 Å². The molecule has 118 valence electrons. The van der Waals surface area contributed by atoms with Gasteiger partial charge in [-0.1, -0.05) is 20.8 Å². The number of carbonyl (C=O) groups is 1. The highest BCUT2D eigenvalue weighted by Crippen LogP contribution is 2.65. The van der Waals surface area contributed by atoms with Gasteiger partial charge in [-0.25, -0.2) is 0 Å². The fraction of sp³-hybridized carbons (Fsp3) is 0.550. The highest BCUT2D eigenvalue weighted by molar-refractivity contribution is 6.08. The lowest BCUT2D eigenvalue weighted by molar-refractivity contribution is -0.125. The first-order valence-electron chi connectivity index (χ1n) is 8.24. The van der Waals surface area contributed by atoms with Gasteiger partial charge in [0.2, 0.25) is 0 Å². The molecule has 1 aromatic carbocycles. The summed E-state index contributed by atoms with van der Waals surface area (Å²) in [5.74, 6) is 0.753. The highest BCUT2D eigenvalue weighted by atomic mass is 16.1. The van der Waals surface area contributed by atoms with Crippen LogP contribution in [0, 0.1) is 37.5 Å². The molecular formula is C20H27NO. The van der Waals surface area contributed by atoms with Crippen LogP contribution in [0.5, 0.6) is 0 Å². The minimum Gasteiger partial charge on any atom is -0.398 e. The number of allylic oxidation sites excluding steroid dienone is 1. The lowest BCUT2D eigenvalue weighted by Crippen LogP contribution is -2.32. The maximum Gasteiger partial charge on any atom is 0.165 e. The van der Waals surface area contributed by atoms with Crippen molar-refractivity contribution in [2.45, 2.75) is 54.4 Å². The summed E-state index contributed by atoms with van der Waals surface area (Å²) in [4.78, 5) is 13.0. The fourth-order valence-electron chi connectivity index (χ4n) is 4.61. The molecule has 0 radical (unpaired) electrons. The van der Waals surface area contributed by atoms with Crippen molar-refractivity contribution in [3.05, 3.63) is 33.9 Å². The average Bonchev–Trinajstić information content (AvgIpc) is 2.74. The van der Waals surface area contributed by atoms with E-state index in [2.05, 4.69) is 47.6 Å². The van der Waals surface area contributed by atoms with Gasteiger partial charge in [0, 0.05) is 11.1 Å². The number of Topliss-reactive ketones (excluding diaryl/α,β-unsaturated/α-hetero) is 1. The van der Waals surface area contributed by atoms with Crippen LogP contribution in [0.4, 0.5) is 5.69 Å². The minimum atomic E-state index is -0.186. The third-order valence-corrected chi connectivity index (χ3v) is 6.86. The molecule has 1 aromatic rings. The molecule has 2 fully saturated rings. The lowest BCUT2D eigenvalue weighted by atomic mass is 9.70. The molecule has 2 aliphatic carbocycles. The first-order valence-corrected chi connectivity index (χ1v) is 8.24. The third-order valence-electron chi connectivity index (χ3n) is 6.86. The number of nitrogen functional groups attached to an aromatic ring is 1. The second-order valence-electron chi connectivity index (χ2n) is 8.02. The number of carbonyl (C=O) groups excluding carboxylic acids is 1. The number of ketones is 1. The van der Waals surface area contributed by atoms with Gasteiger partial charge in [-0.15, -0.1) is 0 Å². The van der Waals surface area contributed by atoms with Crippen LogP contribution in [0.15, 0.2) is 11.6 Å². The Hall–Kier alpha value is -1.57. The van der Waals surface area contributed by atoms with E-state index < -0.39 is 0 Å². The average molecular weight is 297 g/mol. The van der Waals surface area contributed by atoms with E-state index in [1.54, 1.807) is 0 Å². The van der Waals surface area contributed by atoms with Crippen molar-refractivity contribution >= 4 is 17.5 Å². The SMILES string of the molecule is Cc1cc(N)c(C)c(C)c1C=C1C(=O)C2(C)CCC1C2(C)C. The van der Waals surface area contributed by atoms with E-state index in [4.69, 9.17) is 5.73 Å². The van der Waals surface area contributed by atoms with Crippen LogP contribution in [-0.2, 0) is 4.79 Å². The summed E-state index contributed by atoms with van der Waals surface area (Å²) in [7, 11) is 0. The van der Waals surface area contributed by atoms with Crippen LogP contribution >= 0.6 is 0 Å². The smallest absolute Gasteiger partial charge is 0.165 e. The number of anilines is 1. The zero-order valence-corrected chi connectivity index (χ0v) is 14.6. The number of benzene rings is 1. The molecule has 0 aromatic heterocycles. The number of hydrogen-bond acceptors (Lipinski definition) is 2. The topological polar surface area (TPSA) is 43.1 Å². The van der Waals surface area contributed by atoms with E-state index in [0.717, 1.165) is 35.2 Å². The van der Waals surface area contributed by atoms with E-state index >= 15 is 0 Å². The molecule has 2 saturated carbocycles. The van der Waals surface area contributed by atoms with Crippen LogP contribution in [0.3, 0.4) is 0 Å². The van der Waals surface area contributed by atoms with Crippen LogP contribution in [0.2, 0.25) is 0 Å². The Morgan fingerprint density at radius 3 is 2.36 bits per heavy atom. The number of fused-ring (bicyclic) bond motifs is 2. The van der Waals surface area contributed by atoms with Gasteiger partial charge in [-0.2, -0.15) is 0 Å². The molecule has 2 bridgehead atoms. The standard InChI is InChI=1S/C20H27NO/c1-11-9-17(21)13(3)12(2)14(11)10-15-16-7-8-20(6,18(15)22)19(16,4)5/h9-10,16H,7-8,21H2,1-6H3. The summed E-state index contributed by atoms with van der Waals surface area (Å²) in [6, 6.07) is 2.03. The molecule has 0 saturated heterocycles. The molecule has 0 aliphatic heterocycles. The maximum absolute atomic E-state index is 13.0. The van der Waals surface area contributed by atoms with Crippen LogP contribution in [-0.4, -0.2) is 5.78 Å². The van der Waals surface area contributed by atoms with Crippen molar-refractivity contribution in [3.8, 4) is 0 Å². The minimum absolute atomic E-state index is 0.0700. The zero-order chi connectivity index (χ0) is 16.4. The van der Waals surface area contributed by atoms with Crippen LogP contribution in [0.1, 0.15) is 55.9 Å². The normalized spacial score (nSPS) is 31.3. The first kappa shape index (κ1) is 15.3. The number of hydrogen-bond donors (Lipinski definition) is 1. The van der Waals surface area contributed by atoms with Gasteiger partial charge in [0.1, 0.15) is 0 Å². The Balaban J connectivity index is 2.17. The quantitative estimate of drug-likeness (QED) is 0.608. The molecule has 2 heteroatoms. The predicted molar refractivity (Wildman–Crippen MR) is 92.7 cm³/mol. The van der Waals surface area contributed by atoms with Gasteiger partial charge >= 0.3 is 0 Å². The maximum atomic E-state index is 13.0. The summed E-state index contributed by atoms with van der Waals surface area (Å²) in [6.07, 6.45) is 4.32. The molecule has 0 heterocycles. The Bertz CT molecular complexity index is 711. The van der Waals surface area contributed by atoms with Crippen molar-refractivity contribution in [1.82, 2.24) is 0 Å². The van der Waals surface area contributed by atoms with Gasteiger partial charge in [-0.05, 0) is 84.9 Å². The number of rotatable bonds is 1. The molecule has 22 heavy (non-hydrogen) atoms. The van der Waals surface area contributed by atoms with Crippen molar-refractivity contribution in [3.63, 3.8) is 0 Å². The second-order valence-corrected chi connectivity index (χ2v) is 8.02. The molecular weight excluding hydrogens is 270 g/mol. The molecule has 2 atom stereocenters. The Morgan fingerprint density at radius 1 is 1.18 bits per heavy atom. The van der Waals surface area contributed by atoms with Crippen LogP contribution < -0.4 is 5.73 Å². The number of nitrogens with two attached hydrogens (primary N) is 1. The molecule has 2 unspecified atom stereocenters. The monoisotopic (exact) mass is 297 g/mol. The van der Waals surface area contributed by atoms with E-state index in [9.17, 15) is 4.79 Å². The third kappa shape index (κ3) is 1.70. The van der Waals surface area contributed by atoms with E-state index in [1.807, 2.05) is 6.07 Å². The second kappa shape index (κ2) is 4.47. The Labute approximate surface area is 133 Å². The Kier molecular flexibility index (Phi) is 3.11. The fourth-order valence-corrected chi connectivity index (χ4v) is 4.61. The van der Waals surface area contributed by atoms with Crippen molar-refractivity contribution < 1.29 is 4.79 Å². The molecule has 2 aliphatic rings. The van der Waals surface area contributed by atoms with Crippen LogP contribution in [0.25, 0.3) is 6.08 Å². The molecule has 2 nitrogen and oxygen atoms in total. The number of aryl methyl sites for hydroxylation is 1. The van der Waals surface area contributed by atoms with Crippen molar-refractivity contribution in [1.29, 1.82) is 0 Å². The molecule has 0 spiro atoms. The van der Waals surface area contributed by atoms with Crippen molar-refractivity contribution in [2.24, 2.45) is 16.7 Å².